The van der Waals surface area contributed by atoms with Crippen LogP contribution in [0.15, 0.2) is 35.1 Å². The highest BCUT2D eigenvalue weighted by Gasteiger charge is 2.17. The van der Waals surface area contributed by atoms with Gasteiger partial charge in [0, 0.05) is 12.1 Å². The molecule has 0 radical (unpaired) electrons. The minimum atomic E-state index is 0.0243. The van der Waals surface area contributed by atoms with Gasteiger partial charge in [-0.3, -0.25) is 0 Å². The summed E-state index contributed by atoms with van der Waals surface area (Å²) in [4.78, 5) is 8.28. The van der Waals surface area contributed by atoms with Gasteiger partial charge in [-0.1, -0.05) is 29.4 Å². The number of anilines is 1. The molecule has 0 saturated heterocycles. The Labute approximate surface area is 115 Å². The molecule has 0 spiro atoms. The molecule has 6 heteroatoms. The van der Waals surface area contributed by atoms with Gasteiger partial charge in [0.2, 0.25) is 0 Å². The third-order valence-corrected chi connectivity index (χ3v) is 3.08. The summed E-state index contributed by atoms with van der Waals surface area (Å²) in [6.45, 7) is 2.45. The number of aliphatic hydroxyl groups excluding tert-OH is 1. The van der Waals surface area contributed by atoms with Gasteiger partial charge in [0.05, 0.1) is 6.61 Å². The highest BCUT2D eigenvalue weighted by Crippen LogP contribution is 2.32. The summed E-state index contributed by atoms with van der Waals surface area (Å²) in [5.74, 6) is 0.614. The molecule has 0 amide bonds. The minimum absolute atomic E-state index is 0.0243. The van der Waals surface area contributed by atoms with Gasteiger partial charge in [0.15, 0.2) is 0 Å². The largest absolute Gasteiger partial charge is 0.395 e. The summed E-state index contributed by atoms with van der Waals surface area (Å²) in [5, 5.41) is 16.8. The van der Waals surface area contributed by atoms with Gasteiger partial charge < -0.3 is 14.9 Å². The number of rotatable bonds is 4. The molecule has 0 bridgehead atoms. The standard InChI is InChI=1S/C14H14N4O2/c1-9-4-2-3-5-10(9)12-11-13(15-6-7-19)16-8-17-14(11)20-18-12/h2-5,8,19H,6-7H2,1H3,(H,15,16,17). The fraction of sp³-hybridized carbons (Fsp3) is 0.214. The lowest BCUT2D eigenvalue weighted by Gasteiger charge is -2.06. The van der Waals surface area contributed by atoms with Crippen LogP contribution in [0.25, 0.3) is 22.4 Å². The van der Waals surface area contributed by atoms with E-state index in [1.54, 1.807) is 0 Å². The summed E-state index contributed by atoms with van der Waals surface area (Å²) >= 11 is 0. The lowest BCUT2D eigenvalue weighted by Crippen LogP contribution is -2.07. The maximum Gasteiger partial charge on any atom is 0.263 e. The number of aryl methyl sites for hydroxylation is 1. The Balaban J connectivity index is 2.19. The van der Waals surface area contributed by atoms with Crippen LogP contribution >= 0.6 is 0 Å². The molecule has 3 rings (SSSR count). The van der Waals surface area contributed by atoms with Gasteiger partial charge in [-0.2, -0.15) is 4.98 Å². The van der Waals surface area contributed by atoms with Crippen LogP contribution in [-0.2, 0) is 0 Å². The second kappa shape index (κ2) is 5.26. The number of benzene rings is 1. The van der Waals surface area contributed by atoms with Crippen LogP contribution < -0.4 is 5.32 Å². The van der Waals surface area contributed by atoms with E-state index in [9.17, 15) is 0 Å². The molecule has 0 saturated carbocycles. The van der Waals surface area contributed by atoms with Gasteiger partial charge in [0.25, 0.3) is 5.71 Å². The van der Waals surface area contributed by atoms with Crippen LogP contribution in [0.2, 0.25) is 0 Å². The van der Waals surface area contributed by atoms with E-state index < -0.39 is 0 Å². The quantitative estimate of drug-likeness (QED) is 0.754. The topological polar surface area (TPSA) is 84.1 Å². The van der Waals surface area contributed by atoms with E-state index in [1.807, 2.05) is 31.2 Å². The van der Waals surface area contributed by atoms with Crippen LogP contribution in [0.5, 0.6) is 0 Å². The monoisotopic (exact) mass is 270 g/mol. The molecule has 20 heavy (non-hydrogen) atoms. The second-order valence-electron chi connectivity index (χ2n) is 4.40. The van der Waals surface area contributed by atoms with Crippen LogP contribution in [0.4, 0.5) is 5.82 Å². The first-order chi connectivity index (χ1) is 9.81. The summed E-state index contributed by atoms with van der Waals surface area (Å²) in [5.41, 5.74) is 3.21. The highest BCUT2D eigenvalue weighted by molar-refractivity contribution is 5.98. The maximum absolute atomic E-state index is 8.94. The third-order valence-electron chi connectivity index (χ3n) is 3.08. The molecule has 0 aliphatic rings. The zero-order valence-corrected chi connectivity index (χ0v) is 11.0. The van der Waals surface area contributed by atoms with Crippen molar-refractivity contribution in [2.24, 2.45) is 0 Å². The van der Waals surface area contributed by atoms with Crippen molar-refractivity contribution in [1.29, 1.82) is 0 Å². The molecule has 0 fully saturated rings. The van der Waals surface area contributed by atoms with Gasteiger partial charge in [-0.25, -0.2) is 4.98 Å². The zero-order chi connectivity index (χ0) is 13.9. The van der Waals surface area contributed by atoms with E-state index in [2.05, 4.69) is 20.4 Å². The van der Waals surface area contributed by atoms with Crippen molar-refractivity contribution in [3.05, 3.63) is 36.2 Å². The van der Waals surface area contributed by atoms with E-state index in [0.29, 0.717) is 23.8 Å². The van der Waals surface area contributed by atoms with Gasteiger partial charge in [-0.15, -0.1) is 0 Å². The van der Waals surface area contributed by atoms with Crippen LogP contribution in [0, 0.1) is 6.92 Å². The fourth-order valence-electron chi connectivity index (χ4n) is 2.12. The lowest BCUT2D eigenvalue weighted by atomic mass is 10.0. The SMILES string of the molecule is Cc1ccccc1-c1noc2ncnc(NCCO)c12. The van der Waals surface area contributed by atoms with Crippen LogP contribution in [-0.4, -0.2) is 33.4 Å². The molecule has 3 aromatic rings. The Hall–Kier alpha value is -2.47. The average Bonchev–Trinajstić information content (AvgIpc) is 2.90. The predicted molar refractivity (Wildman–Crippen MR) is 75.3 cm³/mol. The Morgan fingerprint density at radius 3 is 2.90 bits per heavy atom. The number of nitrogens with one attached hydrogen (secondary N) is 1. The predicted octanol–water partition coefficient (Wildman–Crippen LogP) is 2.00. The molecule has 102 valence electrons. The van der Waals surface area contributed by atoms with E-state index in [1.165, 1.54) is 6.33 Å². The van der Waals surface area contributed by atoms with Crippen molar-refractivity contribution in [2.45, 2.75) is 6.92 Å². The molecular formula is C14H14N4O2. The Morgan fingerprint density at radius 1 is 1.25 bits per heavy atom. The average molecular weight is 270 g/mol. The summed E-state index contributed by atoms with van der Waals surface area (Å²) < 4.78 is 5.28. The third kappa shape index (κ3) is 2.10. The van der Waals surface area contributed by atoms with Crippen molar-refractivity contribution in [3.8, 4) is 11.3 Å². The van der Waals surface area contributed by atoms with E-state index in [0.717, 1.165) is 16.5 Å². The van der Waals surface area contributed by atoms with Gasteiger partial charge >= 0.3 is 0 Å². The Kier molecular flexibility index (Phi) is 3.30. The minimum Gasteiger partial charge on any atom is -0.395 e. The van der Waals surface area contributed by atoms with Gasteiger partial charge in [0.1, 0.15) is 23.2 Å². The van der Waals surface area contributed by atoms with E-state index in [-0.39, 0.29) is 6.61 Å². The number of hydrogen-bond donors (Lipinski definition) is 2. The van der Waals surface area contributed by atoms with Crippen LogP contribution in [0.3, 0.4) is 0 Å². The fourth-order valence-corrected chi connectivity index (χ4v) is 2.12. The molecule has 0 atom stereocenters. The molecule has 0 aliphatic carbocycles. The molecule has 2 N–H and O–H groups in total. The molecule has 0 unspecified atom stereocenters. The lowest BCUT2D eigenvalue weighted by molar-refractivity contribution is 0.311. The zero-order valence-electron chi connectivity index (χ0n) is 11.0. The molecule has 2 heterocycles. The van der Waals surface area contributed by atoms with Crippen molar-refractivity contribution >= 4 is 16.9 Å². The first-order valence-electron chi connectivity index (χ1n) is 6.32. The smallest absolute Gasteiger partial charge is 0.263 e. The summed E-state index contributed by atoms with van der Waals surface area (Å²) in [7, 11) is 0. The molecule has 1 aromatic carbocycles. The first-order valence-corrected chi connectivity index (χ1v) is 6.32. The van der Waals surface area contributed by atoms with Crippen molar-refractivity contribution in [3.63, 3.8) is 0 Å². The first kappa shape index (κ1) is 12.6. The number of aliphatic hydroxyl groups is 1. The Morgan fingerprint density at radius 2 is 2.10 bits per heavy atom. The number of hydrogen-bond acceptors (Lipinski definition) is 6. The van der Waals surface area contributed by atoms with Crippen molar-refractivity contribution in [1.82, 2.24) is 15.1 Å². The van der Waals surface area contributed by atoms with E-state index in [4.69, 9.17) is 9.63 Å². The normalized spacial score (nSPS) is 10.9. The van der Waals surface area contributed by atoms with Crippen molar-refractivity contribution in [2.75, 3.05) is 18.5 Å². The number of nitrogens with zero attached hydrogens (tertiary/aromatic N) is 3. The summed E-state index contributed by atoms with van der Waals surface area (Å²) in [6.07, 6.45) is 1.41. The van der Waals surface area contributed by atoms with E-state index >= 15 is 0 Å². The van der Waals surface area contributed by atoms with Crippen LogP contribution in [0.1, 0.15) is 5.56 Å². The maximum atomic E-state index is 8.94. The molecule has 2 aromatic heterocycles. The number of fused-ring (bicyclic) bond motifs is 1. The van der Waals surface area contributed by atoms with Crippen molar-refractivity contribution < 1.29 is 9.63 Å². The highest BCUT2D eigenvalue weighted by atomic mass is 16.5. The Bertz CT molecular complexity index is 739. The molecule has 6 nitrogen and oxygen atoms in total. The second-order valence-corrected chi connectivity index (χ2v) is 4.40. The summed E-state index contributed by atoms with van der Waals surface area (Å²) in [6, 6.07) is 7.92. The van der Waals surface area contributed by atoms with Gasteiger partial charge in [-0.05, 0) is 12.5 Å². The molecular weight excluding hydrogens is 256 g/mol. The molecule has 0 aliphatic heterocycles. The number of aromatic nitrogens is 3.